The molecule has 0 saturated carbocycles. The van der Waals surface area contributed by atoms with Crippen LogP contribution < -0.4 is 20.7 Å². The molecule has 0 aliphatic carbocycles. The highest BCUT2D eigenvalue weighted by molar-refractivity contribution is 7.13. The van der Waals surface area contributed by atoms with Crippen molar-refractivity contribution < 1.29 is 37.5 Å². The molecule has 3 fully saturated rings. The van der Waals surface area contributed by atoms with E-state index in [1.165, 1.54) is 28.4 Å². The number of halogens is 2. The first kappa shape index (κ1) is 43.4. The number of amides is 5. The molecule has 0 bridgehead atoms. The molecular weight excluding hydrogens is 869 g/mol. The van der Waals surface area contributed by atoms with Gasteiger partial charge in [0.05, 0.1) is 25.1 Å². The normalized spacial score (nSPS) is 19.7. The van der Waals surface area contributed by atoms with E-state index in [9.17, 15) is 24.0 Å². The highest BCUT2D eigenvalue weighted by atomic mass is 32.1. The van der Waals surface area contributed by atoms with Gasteiger partial charge in [0.25, 0.3) is 11.8 Å². The van der Waals surface area contributed by atoms with Crippen LogP contribution in [0.15, 0.2) is 72.5 Å². The maximum atomic E-state index is 15.9. The predicted octanol–water partition coefficient (Wildman–Crippen LogP) is 6.03. The average molecular weight is 918 g/mol. The number of piperidine rings is 3. The van der Waals surface area contributed by atoms with Gasteiger partial charge in [-0.2, -0.15) is 0 Å². The Bertz CT molecular complexity index is 2680. The fourth-order valence-electron chi connectivity index (χ4n) is 9.98. The standard InChI is InChI=1S/C48H49F2N9O6S/c49-37-23-30(22-35-36(37)25-59(47(35)64)44(46(63)55-48-51-15-21-66-48)43-40-2-1-16-58(40)27-52-43)28-3-6-32(7-4-28)65-33-13-19-57(20-14-33)42(61)26-56-17-11-29(12-18-56)34-8-5-31(24-38(34)50)53-39-9-10-41(60)54-45(39)62/h3-8,15,21-24,27,29,33,39,44,53H,1-2,9-14,16-20,25-26H2,(H,51,55,63)(H,54,60,62)/t39-,44?/m0/s1. The maximum absolute atomic E-state index is 15.9. The highest BCUT2D eigenvalue weighted by Gasteiger charge is 2.42. The minimum atomic E-state index is -1.07. The van der Waals surface area contributed by atoms with Crippen molar-refractivity contribution >= 4 is 51.7 Å². The number of nitrogens with one attached hydrogen (secondary N) is 3. The molecule has 5 aliphatic rings. The van der Waals surface area contributed by atoms with Crippen LogP contribution >= 0.6 is 11.3 Å². The third kappa shape index (κ3) is 8.90. The number of aryl methyl sites for hydroxylation is 1. The van der Waals surface area contributed by atoms with E-state index in [0.717, 1.165) is 37.9 Å². The van der Waals surface area contributed by atoms with Gasteiger partial charge in [-0.1, -0.05) is 18.2 Å². The molecule has 10 rings (SSSR count). The van der Waals surface area contributed by atoms with Gasteiger partial charge in [-0.05, 0) is 104 Å². The molecule has 2 atom stereocenters. The van der Waals surface area contributed by atoms with Crippen LogP contribution in [-0.2, 0) is 38.7 Å². The minimum Gasteiger partial charge on any atom is -0.490 e. The first-order chi connectivity index (χ1) is 32.0. The summed E-state index contributed by atoms with van der Waals surface area (Å²) in [5.74, 6) is -1.73. The number of hydrogen-bond donors (Lipinski definition) is 3. The minimum absolute atomic E-state index is 0.0240. The molecule has 0 radical (unpaired) electrons. The third-order valence-corrected chi connectivity index (χ3v) is 14.2. The highest BCUT2D eigenvalue weighted by Crippen LogP contribution is 2.39. The molecule has 2 aromatic heterocycles. The Morgan fingerprint density at radius 2 is 1.68 bits per heavy atom. The molecule has 5 aliphatic heterocycles. The number of imide groups is 1. The number of fused-ring (bicyclic) bond motifs is 2. The van der Waals surface area contributed by atoms with E-state index >= 15 is 8.78 Å². The number of thiazole rings is 1. The van der Waals surface area contributed by atoms with Gasteiger partial charge in [0, 0.05) is 73.0 Å². The molecular formula is C48H49F2N9O6S. The van der Waals surface area contributed by atoms with Crippen LogP contribution in [0.25, 0.3) is 11.1 Å². The molecule has 3 aromatic carbocycles. The lowest BCUT2D eigenvalue weighted by molar-refractivity contribution is -0.135. The van der Waals surface area contributed by atoms with E-state index in [2.05, 4.69) is 30.8 Å². The van der Waals surface area contributed by atoms with Crippen LogP contribution in [0.5, 0.6) is 5.75 Å². The Morgan fingerprint density at radius 3 is 2.42 bits per heavy atom. The van der Waals surface area contributed by atoms with Gasteiger partial charge >= 0.3 is 0 Å². The fourth-order valence-corrected chi connectivity index (χ4v) is 10.5. The van der Waals surface area contributed by atoms with E-state index in [0.29, 0.717) is 90.9 Å². The van der Waals surface area contributed by atoms with Crippen LogP contribution in [0.1, 0.15) is 89.8 Å². The largest absolute Gasteiger partial charge is 0.490 e. The number of ether oxygens (including phenoxy) is 1. The second-order valence-electron chi connectivity index (χ2n) is 17.7. The molecule has 66 heavy (non-hydrogen) atoms. The predicted molar refractivity (Wildman–Crippen MR) is 241 cm³/mol. The topological polar surface area (TPSA) is 171 Å². The molecule has 3 saturated heterocycles. The van der Waals surface area contributed by atoms with Gasteiger partial charge in [-0.25, -0.2) is 18.7 Å². The third-order valence-electron chi connectivity index (χ3n) is 13.5. The van der Waals surface area contributed by atoms with Crippen molar-refractivity contribution in [1.82, 2.24) is 34.6 Å². The lowest BCUT2D eigenvalue weighted by Crippen LogP contribution is -2.47. The molecule has 7 heterocycles. The molecule has 18 heteroatoms. The summed E-state index contributed by atoms with van der Waals surface area (Å²) < 4.78 is 39.5. The summed E-state index contributed by atoms with van der Waals surface area (Å²) >= 11 is 1.27. The summed E-state index contributed by atoms with van der Waals surface area (Å²) in [5.41, 5.74) is 4.18. The quantitative estimate of drug-likeness (QED) is 0.126. The summed E-state index contributed by atoms with van der Waals surface area (Å²) in [6, 6.07) is 13.7. The monoisotopic (exact) mass is 917 g/mol. The van der Waals surface area contributed by atoms with Crippen molar-refractivity contribution in [3.63, 3.8) is 0 Å². The lowest BCUT2D eigenvalue weighted by Gasteiger charge is -2.36. The lowest BCUT2D eigenvalue weighted by atomic mass is 9.89. The fraction of sp³-hybridized carbons (Fsp3) is 0.396. The summed E-state index contributed by atoms with van der Waals surface area (Å²) in [7, 11) is 0. The zero-order valence-corrected chi connectivity index (χ0v) is 37.0. The van der Waals surface area contributed by atoms with Gasteiger partial charge < -0.3 is 24.4 Å². The van der Waals surface area contributed by atoms with Gasteiger partial charge in [-0.3, -0.25) is 39.5 Å². The Balaban J connectivity index is 0.706. The zero-order chi connectivity index (χ0) is 45.5. The second kappa shape index (κ2) is 18.4. The first-order valence-electron chi connectivity index (χ1n) is 22.6. The number of nitrogens with zero attached hydrogens (tertiary/aromatic N) is 6. The van der Waals surface area contributed by atoms with E-state index in [1.54, 1.807) is 36.1 Å². The van der Waals surface area contributed by atoms with Crippen LogP contribution in [0.3, 0.4) is 0 Å². The molecule has 0 spiro atoms. The molecule has 1 unspecified atom stereocenters. The molecule has 342 valence electrons. The van der Waals surface area contributed by atoms with Crippen molar-refractivity contribution in [3.05, 3.63) is 112 Å². The average Bonchev–Trinajstić information content (AvgIpc) is 4.14. The summed E-state index contributed by atoms with van der Waals surface area (Å²) in [5, 5.41) is 10.3. The number of carbonyl (C=O) groups is 5. The number of rotatable bonds is 12. The van der Waals surface area contributed by atoms with Crippen molar-refractivity contribution in [2.24, 2.45) is 0 Å². The van der Waals surface area contributed by atoms with Crippen molar-refractivity contribution in [3.8, 4) is 16.9 Å². The van der Waals surface area contributed by atoms with Gasteiger partial charge in [0.2, 0.25) is 17.7 Å². The first-order valence-corrected chi connectivity index (χ1v) is 23.5. The number of hydrogen-bond acceptors (Lipinski definition) is 11. The summed E-state index contributed by atoms with van der Waals surface area (Å²) in [4.78, 5) is 79.0. The number of benzene rings is 3. The van der Waals surface area contributed by atoms with E-state index < -0.39 is 35.6 Å². The molecule has 15 nitrogen and oxygen atoms in total. The van der Waals surface area contributed by atoms with Gasteiger partial charge in [0.15, 0.2) is 11.2 Å². The SMILES string of the molecule is O=C1CC[C@H](Nc2ccc(C3CCN(CC(=O)N4CCC(Oc5ccc(-c6cc(F)c7c(c6)C(=O)N(C(C(=O)Nc6nccs6)c6ncn8c6CCC8)C7)cc5)CC4)CC3)c(F)c2)C(=O)N1. The second-order valence-corrected chi connectivity index (χ2v) is 18.6. The van der Waals surface area contributed by atoms with Crippen molar-refractivity contribution in [2.45, 2.75) is 88.6 Å². The van der Waals surface area contributed by atoms with Gasteiger partial charge in [-0.15, -0.1) is 11.3 Å². The summed E-state index contributed by atoms with van der Waals surface area (Å²) in [6.45, 7) is 3.50. The number of aromatic nitrogens is 3. The van der Waals surface area contributed by atoms with Crippen LogP contribution in [0.2, 0.25) is 0 Å². The van der Waals surface area contributed by atoms with E-state index in [1.807, 2.05) is 33.7 Å². The van der Waals surface area contributed by atoms with Gasteiger partial charge in [0.1, 0.15) is 29.5 Å². The van der Waals surface area contributed by atoms with Crippen LogP contribution in [0, 0.1) is 11.6 Å². The van der Waals surface area contributed by atoms with E-state index in [-0.39, 0.29) is 53.7 Å². The Morgan fingerprint density at radius 1 is 0.879 bits per heavy atom. The number of carbonyl (C=O) groups excluding carboxylic acids is 5. The maximum Gasteiger partial charge on any atom is 0.255 e. The summed E-state index contributed by atoms with van der Waals surface area (Å²) in [6.07, 6.45) is 8.21. The zero-order valence-electron chi connectivity index (χ0n) is 36.1. The van der Waals surface area contributed by atoms with Crippen molar-refractivity contribution in [1.29, 1.82) is 0 Å². The van der Waals surface area contributed by atoms with E-state index in [4.69, 9.17) is 4.74 Å². The number of anilines is 2. The smallest absolute Gasteiger partial charge is 0.255 e. The Labute approximate surface area is 383 Å². The van der Waals surface area contributed by atoms with Crippen molar-refractivity contribution in [2.75, 3.05) is 43.4 Å². The Kier molecular flexibility index (Phi) is 12.1. The molecule has 5 amide bonds. The molecule has 3 N–H and O–H groups in total. The number of likely N-dealkylation sites (tertiary alicyclic amines) is 2. The molecule has 5 aromatic rings. The Hall–Kier alpha value is -6.53. The van der Waals surface area contributed by atoms with Crippen LogP contribution in [0.4, 0.5) is 19.6 Å². The van der Waals surface area contributed by atoms with Crippen LogP contribution in [-0.4, -0.2) is 104 Å². The number of imidazole rings is 1.